The number of allylic oxidation sites excluding steroid dienone is 1. The molecule has 0 amide bonds. The zero-order valence-corrected chi connectivity index (χ0v) is 15.6. The second kappa shape index (κ2) is 6.83. The van der Waals surface area contributed by atoms with Gasteiger partial charge >= 0.3 is 6.16 Å². The first-order valence-electron chi connectivity index (χ1n) is 9.03. The summed E-state index contributed by atoms with van der Waals surface area (Å²) in [6.45, 7) is 4.72. The zero-order chi connectivity index (χ0) is 20.0. The quantitative estimate of drug-likeness (QED) is 0.808. The van der Waals surface area contributed by atoms with Crippen LogP contribution in [0.1, 0.15) is 13.3 Å². The Morgan fingerprint density at radius 3 is 2.68 bits per heavy atom. The lowest BCUT2D eigenvalue weighted by Crippen LogP contribution is -2.45. The standard InChI is InChI=1S/C19H20FN3O5/c1-3-11-10-27-18-15-12(17(24)14(9-23(11)15)28-19(25)26)8-13(20)16(18)22-6-4-21(2)5-7-22/h8-10H,3-7H2,1-2H3,(H,25,26). The molecule has 28 heavy (non-hydrogen) atoms. The van der Waals surface area contributed by atoms with Gasteiger partial charge in [0.1, 0.15) is 17.5 Å². The summed E-state index contributed by atoms with van der Waals surface area (Å²) >= 11 is 0. The number of halogens is 1. The van der Waals surface area contributed by atoms with Gasteiger partial charge in [0.05, 0.1) is 17.3 Å². The molecular weight excluding hydrogens is 369 g/mol. The Kier molecular flexibility index (Phi) is 4.46. The molecule has 148 valence electrons. The number of carbonyl (C=O) groups is 1. The van der Waals surface area contributed by atoms with Gasteiger partial charge in [-0.1, -0.05) is 6.92 Å². The van der Waals surface area contributed by atoms with E-state index in [4.69, 9.17) is 9.84 Å². The molecular formula is C19H20FN3O5. The van der Waals surface area contributed by atoms with Gasteiger partial charge in [0.25, 0.3) is 0 Å². The Labute approximate surface area is 160 Å². The Bertz CT molecular complexity index is 1050. The number of likely N-dealkylation sites (N-methyl/N-ethyl adjacent to an activating group) is 1. The highest BCUT2D eigenvalue weighted by molar-refractivity contribution is 5.95. The first-order valence-corrected chi connectivity index (χ1v) is 9.03. The van der Waals surface area contributed by atoms with E-state index in [1.54, 1.807) is 4.57 Å². The van der Waals surface area contributed by atoms with Crippen LogP contribution in [0.25, 0.3) is 16.6 Å². The summed E-state index contributed by atoms with van der Waals surface area (Å²) in [7, 11) is 2.01. The highest BCUT2D eigenvalue weighted by Gasteiger charge is 2.29. The minimum absolute atomic E-state index is 0.0168. The van der Waals surface area contributed by atoms with Gasteiger partial charge in [0, 0.05) is 26.2 Å². The van der Waals surface area contributed by atoms with Crippen molar-refractivity contribution in [1.29, 1.82) is 0 Å². The molecule has 0 unspecified atom stereocenters. The molecule has 2 aliphatic rings. The topological polar surface area (TPSA) is 84.2 Å². The number of piperazine rings is 1. The van der Waals surface area contributed by atoms with Gasteiger partial charge < -0.3 is 28.9 Å². The van der Waals surface area contributed by atoms with E-state index >= 15 is 4.39 Å². The molecule has 4 rings (SSSR count). The Balaban J connectivity index is 1.98. The van der Waals surface area contributed by atoms with E-state index in [-0.39, 0.29) is 16.9 Å². The summed E-state index contributed by atoms with van der Waals surface area (Å²) in [5.41, 5.74) is 0.729. The first kappa shape index (κ1) is 18.3. The van der Waals surface area contributed by atoms with Crippen LogP contribution in [-0.4, -0.2) is 54.0 Å². The molecule has 0 radical (unpaired) electrons. The van der Waals surface area contributed by atoms with E-state index in [2.05, 4.69) is 9.64 Å². The van der Waals surface area contributed by atoms with Crippen molar-refractivity contribution in [3.63, 3.8) is 0 Å². The van der Waals surface area contributed by atoms with E-state index in [0.717, 1.165) is 19.2 Å². The summed E-state index contributed by atoms with van der Waals surface area (Å²) in [5.74, 6) is -0.703. The fourth-order valence-electron chi connectivity index (χ4n) is 3.66. The van der Waals surface area contributed by atoms with Gasteiger partial charge in [-0.2, -0.15) is 0 Å². The molecule has 8 nitrogen and oxygen atoms in total. The van der Waals surface area contributed by atoms with Gasteiger partial charge in [-0.05, 0) is 19.5 Å². The minimum Gasteiger partial charge on any atom is -0.459 e. The molecule has 2 aliphatic heterocycles. The fraction of sp³-hybridized carbons (Fsp3) is 0.368. The monoisotopic (exact) mass is 389 g/mol. The van der Waals surface area contributed by atoms with Gasteiger partial charge in [-0.3, -0.25) is 4.79 Å². The highest BCUT2D eigenvalue weighted by Crippen LogP contribution is 2.42. The number of benzene rings is 1. The molecule has 3 heterocycles. The largest absolute Gasteiger partial charge is 0.511 e. The molecule has 1 fully saturated rings. The maximum absolute atomic E-state index is 15.1. The third kappa shape index (κ3) is 2.88. The molecule has 0 aliphatic carbocycles. The van der Waals surface area contributed by atoms with Crippen LogP contribution in [0.2, 0.25) is 0 Å². The summed E-state index contributed by atoms with van der Waals surface area (Å²) in [5, 5.41) is 8.93. The van der Waals surface area contributed by atoms with Crippen LogP contribution in [0.3, 0.4) is 0 Å². The number of pyridine rings is 1. The second-order valence-electron chi connectivity index (χ2n) is 6.86. The molecule has 1 aromatic heterocycles. The van der Waals surface area contributed by atoms with Crippen LogP contribution in [0, 0.1) is 5.82 Å². The summed E-state index contributed by atoms with van der Waals surface area (Å²) < 4.78 is 27.2. The number of carboxylic acid groups (broad SMARTS) is 1. The van der Waals surface area contributed by atoms with Crippen molar-refractivity contribution in [2.45, 2.75) is 13.3 Å². The van der Waals surface area contributed by atoms with Crippen molar-refractivity contribution in [1.82, 2.24) is 9.47 Å². The molecule has 9 heteroatoms. The predicted molar refractivity (Wildman–Crippen MR) is 102 cm³/mol. The minimum atomic E-state index is -1.60. The van der Waals surface area contributed by atoms with Crippen molar-refractivity contribution in [3.05, 3.63) is 34.6 Å². The van der Waals surface area contributed by atoms with Gasteiger partial charge in [-0.15, -0.1) is 0 Å². The third-order valence-corrected chi connectivity index (χ3v) is 5.14. The number of hydrogen-bond donors (Lipinski definition) is 1. The number of hydrogen-bond acceptors (Lipinski definition) is 6. The number of nitrogens with zero attached hydrogens (tertiary/aromatic N) is 3. The Morgan fingerprint density at radius 1 is 1.32 bits per heavy atom. The van der Waals surface area contributed by atoms with E-state index in [0.29, 0.717) is 36.4 Å². The molecule has 1 aromatic carbocycles. The lowest BCUT2D eigenvalue weighted by Gasteiger charge is -2.35. The molecule has 1 saturated heterocycles. The van der Waals surface area contributed by atoms with Crippen molar-refractivity contribution in [2.24, 2.45) is 0 Å². The predicted octanol–water partition coefficient (Wildman–Crippen LogP) is 2.55. The number of rotatable bonds is 3. The number of aromatic nitrogens is 1. The van der Waals surface area contributed by atoms with Crippen LogP contribution >= 0.6 is 0 Å². The lowest BCUT2D eigenvalue weighted by atomic mass is 10.1. The molecule has 1 N–H and O–H groups in total. The maximum Gasteiger partial charge on any atom is 0.511 e. The Hall–Kier alpha value is -3.07. The number of anilines is 1. The SMILES string of the molecule is CCC1=COc2c(N3CCN(C)CC3)c(F)cc3c(=O)c(OC(=O)O)cn1c23. The summed E-state index contributed by atoms with van der Waals surface area (Å²) in [6, 6.07) is 1.14. The second-order valence-corrected chi connectivity index (χ2v) is 6.86. The average Bonchev–Trinajstić information content (AvgIpc) is 2.66. The molecule has 0 saturated carbocycles. The zero-order valence-electron chi connectivity index (χ0n) is 15.6. The van der Waals surface area contributed by atoms with Crippen LogP contribution in [0.4, 0.5) is 14.9 Å². The van der Waals surface area contributed by atoms with Crippen LogP contribution in [0.5, 0.6) is 11.5 Å². The average molecular weight is 389 g/mol. The fourth-order valence-corrected chi connectivity index (χ4v) is 3.66. The van der Waals surface area contributed by atoms with Crippen LogP contribution < -0.4 is 19.8 Å². The first-order chi connectivity index (χ1) is 13.4. The molecule has 2 aromatic rings. The smallest absolute Gasteiger partial charge is 0.459 e. The van der Waals surface area contributed by atoms with Crippen molar-refractivity contribution in [3.8, 4) is 11.5 Å². The third-order valence-electron chi connectivity index (χ3n) is 5.14. The van der Waals surface area contributed by atoms with E-state index in [1.165, 1.54) is 12.5 Å². The van der Waals surface area contributed by atoms with Crippen molar-refractivity contribution in [2.75, 3.05) is 38.1 Å². The van der Waals surface area contributed by atoms with E-state index in [1.807, 2.05) is 18.9 Å². The maximum atomic E-state index is 15.1. The summed E-state index contributed by atoms with van der Waals surface area (Å²) in [4.78, 5) is 27.7. The van der Waals surface area contributed by atoms with Gasteiger partial charge in [-0.25, -0.2) is 9.18 Å². The molecule has 0 atom stereocenters. The van der Waals surface area contributed by atoms with E-state index in [9.17, 15) is 9.59 Å². The van der Waals surface area contributed by atoms with Crippen molar-refractivity contribution < 1.29 is 23.8 Å². The van der Waals surface area contributed by atoms with Gasteiger partial charge in [0.2, 0.25) is 5.43 Å². The van der Waals surface area contributed by atoms with Crippen LogP contribution in [0.15, 0.2) is 23.3 Å². The summed E-state index contributed by atoms with van der Waals surface area (Å²) in [6.07, 6.45) is 1.78. The molecule has 0 bridgehead atoms. The van der Waals surface area contributed by atoms with Crippen LogP contribution in [-0.2, 0) is 0 Å². The van der Waals surface area contributed by atoms with E-state index < -0.39 is 17.4 Å². The Morgan fingerprint density at radius 2 is 2.04 bits per heavy atom. The lowest BCUT2D eigenvalue weighted by molar-refractivity contribution is 0.144. The van der Waals surface area contributed by atoms with Crippen molar-refractivity contribution >= 4 is 28.4 Å². The number of ether oxygens (including phenoxy) is 2. The van der Waals surface area contributed by atoms with Gasteiger partial charge in [0.15, 0.2) is 17.3 Å². The molecule has 0 spiro atoms. The normalized spacial score (nSPS) is 16.7. The highest BCUT2D eigenvalue weighted by atomic mass is 19.1.